The van der Waals surface area contributed by atoms with E-state index in [2.05, 4.69) is 4.98 Å². The summed E-state index contributed by atoms with van der Waals surface area (Å²) in [7, 11) is 0. The van der Waals surface area contributed by atoms with E-state index in [0.29, 0.717) is 20.7 Å². The van der Waals surface area contributed by atoms with Crippen molar-refractivity contribution in [3.63, 3.8) is 0 Å². The van der Waals surface area contributed by atoms with Crippen molar-refractivity contribution in [2.75, 3.05) is 0 Å². The smallest absolute Gasteiger partial charge is 0.307 e. The first-order valence-electron chi connectivity index (χ1n) is 7.42. The Hall–Kier alpha value is -1.43. The summed E-state index contributed by atoms with van der Waals surface area (Å²) in [5.74, 6) is -1.83. The van der Waals surface area contributed by atoms with Gasteiger partial charge in [-0.15, -0.1) is 11.3 Å². The van der Waals surface area contributed by atoms with Gasteiger partial charge in [0.1, 0.15) is 10.8 Å². The van der Waals surface area contributed by atoms with Crippen LogP contribution in [0.4, 0.5) is 0 Å². The van der Waals surface area contributed by atoms with E-state index in [1.165, 1.54) is 11.3 Å². The molecular weight excluding hydrogens is 369 g/mol. The van der Waals surface area contributed by atoms with Crippen molar-refractivity contribution in [3.8, 4) is 10.6 Å². The molecule has 0 bridgehead atoms. The molecule has 1 N–H and O–H groups in total. The molecule has 4 nitrogen and oxygen atoms in total. The van der Waals surface area contributed by atoms with Crippen LogP contribution < -0.4 is 0 Å². The fourth-order valence-corrected chi connectivity index (χ4v) is 3.72. The van der Waals surface area contributed by atoms with Crippen LogP contribution in [0, 0.1) is 11.8 Å². The number of carboxylic acids is 1. The van der Waals surface area contributed by atoms with Gasteiger partial charge in [0.25, 0.3) is 0 Å². The van der Waals surface area contributed by atoms with Crippen LogP contribution >= 0.6 is 34.5 Å². The van der Waals surface area contributed by atoms with Gasteiger partial charge in [-0.05, 0) is 24.1 Å². The summed E-state index contributed by atoms with van der Waals surface area (Å²) in [5, 5.41) is 12.7. The van der Waals surface area contributed by atoms with Gasteiger partial charge in [0.15, 0.2) is 0 Å². The van der Waals surface area contributed by atoms with E-state index in [1.807, 2.05) is 0 Å². The van der Waals surface area contributed by atoms with Crippen LogP contribution in [0.5, 0.6) is 0 Å². The Kier molecular flexibility index (Phi) is 6.38. The predicted molar refractivity (Wildman–Crippen MR) is 96.9 cm³/mol. The summed E-state index contributed by atoms with van der Waals surface area (Å²) in [6, 6.07) is 5.16. The van der Waals surface area contributed by atoms with Crippen molar-refractivity contribution in [2.24, 2.45) is 11.8 Å². The van der Waals surface area contributed by atoms with Gasteiger partial charge in [-0.2, -0.15) is 0 Å². The summed E-state index contributed by atoms with van der Waals surface area (Å²) in [5.41, 5.74) is 1.38. The summed E-state index contributed by atoms with van der Waals surface area (Å²) in [6.07, 6.45) is 0.139. The maximum absolute atomic E-state index is 12.1. The second kappa shape index (κ2) is 8.10. The molecule has 1 heterocycles. The van der Waals surface area contributed by atoms with E-state index in [1.54, 1.807) is 37.4 Å². The van der Waals surface area contributed by atoms with Gasteiger partial charge in [-0.25, -0.2) is 4.98 Å². The van der Waals surface area contributed by atoms with E-state index in [0.717, 1.165) is 5.56 Å². The zero-order chi connectivity index (χ0) is 17.9. The Morgan fingerprint density at radius 2 is 2.00 bits per heavy atom. The first kappa shape index (κ1) is 18.9. The topological polar surface area (TPSA) is 67.3 Å². The van der Waals surface area contributed by atoms with Gasteiger partial charge in [-0.3, -0.25) is 9.59 Å². The SMILES string of the molecule is CC(C)[C@H](CC(=O)Cc1csc(-c2ccc(Cl)cc2Cl)n1)C(=O)O. The van der Waals surface area contributed by atoms with Gasteiger partial charge < -0.3 is 5.11 Å². The molecular formula is C17H17Cl2NO3S. The van der Waals surface area contributed by atoms with Crippen LogP contribution in [0.25, 0.3) is 10.6 Å². The number of thiazole rings is 1. The molecule has 7 heteroatoms. The lowest BCUT2D eigenvalue weighted by molar-refractivity contribution is -0.145. The lowest BCUT2D eigenvalue weighted by atomic mass is 9.90. The molecule has 0 radical (unpaired) electrons. The average Bonchev–Trinajstić information content (AvgIpc) is 2.92. The fraction of sp³-hybridized carbons (Fsp3) is 0.353. The second-order valence-corrected chi connectivity index (χ2v) is 7.58. The Morgan fingerprint density at radius 1 is 1.29 bits per heavy atom. The van der Waals surface area contributed by atoms with Crippen molar-refractivity contribution in [3.05, 3.63) is 39.3 Å². The number of ketones is 1. The van der Waals surface area contributed by atoms with E-state index >= 15 is 0 Å². The van der Waals surface area contributed by atoms with Gasteiger partial charge >= 0.3 is 5.97 Å². The number of nitrogens with zero attached hydrogens (tertiary/aromatic N) is 1. The second-order valence-electron chi connectivity index (χ2n) is 5.88. The molecule has 0 unspecified atom stereocenters. The van der Waals surface area contributed by atoms with Crippen LogP contribution in [-0.2, 0) is 16.0 Å². The van der Waals surface area contributed by atoms with Crippen LogP contribution in [-0.4, -0.2) is 21.8 Å². The highest BCUT2D eigenvalue weighted by Crippen LogP contribution is 2.32. The molecule has 2 aromatic rings. The number of halogens is 2. The molecule has 0 amide bonds. The molecule has 0 aliphatic heterocycles. The quantitative estimate of drug-likeness (QED) is 0.729. The Morgan fingerprint density at radius 3 is 2.58 bits per heavy atom. The number of aromatic nitrogens is 1. The molecule has 0 aliphatic carbocycles. The zero-order valence-corrected chi connectivity index (χ0v) is 15.6. The highest BCUT2D eigenvalue weighted by Gasteiger charge is 2.25. The van der Waals surface area contributed by atoms with Crippen LogP contribution in [0.1, 0.15) is 26.0 Å². The van der Waals surface area contributed by atoms with Gasteiger partial charge in [-0.1, -0.05) is 37.0 Å². The molecule has 0 fully saturated rings. The minimum atomic E-state index is -0.940. The standard InChI is InChI=1S/C17H17Cl2NO3S/c1-9(2)14(17(22)23)7-12(21)6-11-8-24-16(20-11)13-4-3-10(18)5-15(13)19/h3-5,8-9,14H,6-7H2,1-2H3,(H,22,23)/t14-/m0/s1. The molecule has 0 aliphatic rings. The first-order chi connectivity index (χ1) is 11.3. The van der Waals surface area contributed by atoms with Crippen LogP contribution in [0.2, 0.25) is 10.0 Å². The van der Waals surface area contributed by atoms with Crippen molar-refractivity contribution in [1.29, 1.82) is 0 Å². The van der Waals surface area contributed by atoms with Crippen molar-refractivity contribution in [2.45, 2.75) is 26.7 Å². The number of rotatable bonds is 7. The predicted octanol–water partition coefficient (Wildman–Crippen LogP) is 4.98. The van der Waals surface area contributed by atoms with Gasteiger partial charge in [0, 0.05) is 28.8 Å². The normalized spacial score (nSPS) is 12.4. The number of carbonyl (C=O) groups is 2. The maximum atomic E-state index is 12.1. The summed E-state index contributed by atoms with van der Waals surface area (Å²) in [6.45, 7) is 3.60. The third-order valence-corrected chi connectivity index (χ3v) is 5.13. The summed E-state index contributed by atoms with van der Waals surface area (Å²) < 4.78 is 0. The number of hydrogen-bond donors (Lipinski definition) is 1. The number of Topliss-reactive ketones (excluding diaryl/α,β-unsaturated/α-hetero) is 1. The number of benzene rings is 1. The minimum absolute atomic E-state index is 0.0154. The molecule has 0 saturated carbocycles. The van der Waals surface area contributed by atoms with Crippen molar-refractivity contribution >= 4 is 46.3 Å². The Bertz CT molecular complexity index is 758. The number of aliphatic carboxylic acids is 1. The molecule has 2 rings (SSSR count). The minimum Gasteiger partial charge on any atom is -0.481 e. The Labute approximate surface area is 154 Å². The third kappa shape index (κ3) is 4.79. The van der Waals surface area contributed by atoms with E-state index < -0.39 is 11.9 Å². The van der Waals surface area contributed by atoms with E-state index in [-0.39, 0.29) is 24.5 Å². The summed E-state index contributed by atoms with van der Waals surface area (Å²) >= 11 is 13.4. The van der Waals surface area contributed by atoms with Crippen molar-refractivity contribution in [1.82, 2.24) is 4.98 Å². The lowest BCUT2D eigenvalue weighted by Crippen LogP contribution is -2.23. The van der Waals surface area contributed by atoms with Crippen LogP contribution in [0.3, 0.4) is 0 Å². The van der Waals surface area contributed by atoms with Gasteiger partial charge in [0.2, 0.25) is 0 Å². The number of carbonyl (C=O) groups excluding carboxylic acids is 1. The monoisotopic (exact) mass is 385 g/mol. The molecule has 1 aromatic heterocycles. The zero-order valence-electron chi connectivity index (χ0n) is 13.3. The largest absolute Gasteiger partial charge is 0.481 e. The molecule has 1 atom stereocenters. The third-order valence-electron chi connectivity index (χ3n) is 3.66. The number of hydrogen-bond acceptors (Lipinski definition) is 4. The van der Waals surface area contributed by atoms with Crippen molar-refractivity contribution < 1.29 is 14.7 Å². The van der Waals surface area contributed by atoms with Crippen LogP contribution in [0.15, 0.2) is 23.6 Å². The highest BCUT2D eigenvalue weighted by molar-refractivity contribution is 7.13. The molecule has 0 saturated heterocycles. The number of carboxylic acid groups (broad SMARTS) is 1. The van der Waals surface area contributed by atoms with Gasteiger partial charge in [0.05, 0.1) is 16.6 Å². The highest BCUT2D eigenvalue weighted by atomic mass is 35.5. The first-order valence-corrected chi connectivity index (χ1v) is 9.05. The van der Waals surface area contributed by atoms with E-state index in [9.17, 15) is 14.7 Å². The lowest BCUT2D eigenvalue weighted by Gasteiger charge is -2.14. The average molecular weight is 386 g/mol. The van der Waals surface area contributed by atoms with E-state index in [4.69, 9.17) is 23.2 Å². The Balaban J connectivity index is 2.08. The molecule has 24 heavy (non-hydrogen) atoms. The molecule has 128 valence electrons. The summed E-state index contributed by atoms with van der Waals surface area (Å²) in [4.78, 5) is 27.8. The molecule has 0 spiro atoms. The molecule has 1 aromatic carbocycles. The fourth-order valence-electron chi connectivity index (χ4n) is 2.30. The maximum Gasteiger partial charge on any atom is 0.307 e.